The highest BCUT2D eigenvalue weighted by Crippen LogP contribution is 2.24. The lowest BCUT2D eigenvalue weighted by Gasteiger charge is -2.28. The summed E-state index contributed by atoms with van der Waals surface area (Å²) in [7, 11) is 1.64. The summed E-state index contributed by atoms with van der Waals surface area (Å²) in [6, 6.07) is 15.7. The van der Waals surface area contributed by atoms with Crippen LogP contribution in [0.4, 0.5) is 11.4 Å². The largest absolute Gasteiger partial charge is 0.497 e. The Morgan fingerprint density at radius 2 is 1.97 bits per heavy atom. The van der Waals surface area contributed by atoms with Gasteiger partial charge < -0.3 is 19.7 Å². The van der Waals surface area contributed by atoms with Crippen LogP contribution >= 0.6 is 11.8 Å². The van der Waals surface area contributed by atoms with Crippen molar-refractivity contribution in [2.45, 2.75) is 5.16 Å². The lowest BCUT2D eigenvalue weighted by Crippen LogP contribution is -2.36. The van der Waals surface area contributed by atoms with E-state index in [1.807, 2.05) is 59.3 Å². The van der Waals surface area contributed by atoms with Crippen molar-refractivity contribution < 1.29 is 14.3 Å². The van der Waals surface area contributed by atoms with Gasteiger partial charge in [0.2, 0.25) is 5.91 Å². The first kappa shape index (κ1) is 20.3. The number of carbonyl (C=O) groups is 1. The molecule has 1 amide bonds. The molecule has 30 heavy (non-hydrogen) atoms. The Kier molecular flexibility index (Phi) is 6.56. The van der Waals surface area contributed by atoms with E-state index in [0.717, 1.165) is 54.3 Å². The van der Waals surface area contributed by atoms with Crippen molar-refractivity contribution in [1.82, 2.24) is 9.55 Å². The number of amides is 1. The highest BCUT2D eigenvalue weighted by Gasteiger charge is 2.12. The van der Waals surface area contributed by atoms with E-state index < -0.39 is 0 Å². The Hall–Kier alpha value is -2.97. The number of benzene rings is 2. The molecular weight excluding hydrogens is 400 g/mol. The molecule has 1 aromatic heterocycles. The summed E-state index contributed by atoms with van der Waals surface area (Å²) >= 11 is 1.39. The zero-order valence-corrected chi connectivity index (χ0v) is 17.6. The number of imidazole rings is 1. The SMILES string of the molecule is COc1cccc(-n2ccnc2SCC(=O)Nc2ccc(N3CCOCC3)cc2)c1. The van der Waals surface area contributed by atoms with Crippen LogP contribution in [0.5, 0.6) is 5.75 Å². The highest BCUT2D eigenvalue weighted by atomic mass is 32.2. The van der Waals surface area contributed by atoms with Gasteiger partial charge in [-0.2, -0.15) is 0 Å². The number of methoxy groups -OCH3 is 1. The summed E-state index contributed by atoms with van der Waals surface area (Å²) in [5, 5.41) is 3.70. The molecule has 0 bridgehead atoms. The smallest absolute Gasteiger partial charge is 0.234 e. The van der Waals surface area contributed by atoms with Crippen LogP contribution < -0.4 is 15.0 Å². The summed E-state index contributed by atoms with van der Waals surface area (Å²) in [6.45, 7) is 3.28. The first-order chi connectivity index (χ1) is 14.7. The Morgan fingerprint density at radius 3 is 2.73 bits per heavy atom. The van der Waals surface area contributed by atoms with Gasteiger partial charge in [-0.3, -0.25) is 9.36 Å². The molecule has 1 fully saturated rings. The third-order valence-corrected chi connectivity index (χ3v) is 5.76. The van der Waals surface area contributed by atoms with Gasteiger partial charge in [0.05, 0.1) is 31.8 Å². The van der Waals surface area contributed by atoms with E-state index in [1.54, 1.807) is 13.3 Å². The predicted octanol–water partition coefficient (Wildman–Crippen LogP) is 3.45. The molecule has 3 aromatic rings. The third kappa shape index (κ3) is 4.95. The molecule has 156 valence electrons. The van der Waals surface area contributed by atoms with Crippen molar-refractivity contribution in [3.63, 3.8) is 0 Å². The molecule has 0 saturated carbocycles. The molecule has 1 N–H and O–H groups in total. The van der Waals surface area contributed by atoms with Gasteiger partial charge in [-0.25, -0.2) is 4.98 Å². The molecule has 0 spiro atoms. The maximum absolute atomic E-state index is 12.4. The Balaban J connectivity index is 1.34. The number of morpholine rings is 1. The predicted molar refractivity (Wildman–Crippen MR) is 119 cm³/mol. The van der Waals surface area contributed by atoms with Crippen LogP contribution in [-0.2, 0) is 9.53 Å². The average Bonchev–Trinajstić information content (AvgIpc) is 3.28. The van der Waals surface area contributed by atoms with Gasteiger partial charge in [-0.1, -0.05) is 17.8 Å². The van der Waals surface area contributed by atoms with Crippen LogP contribution in [0.15, 0.2) is 66.1 Å². The summed E-state index contributed by atoms with van der Waals surface area (Å²) in [5.74, 6) is 0.973. The van der Waals surface area contributed by atoms with Crippen molar-refractivity contribution in [2.24, 2.45) is 0 Å². The zero-order valence-electron chi connectivity index (χ0n) is 16.8. The number of nitrogens with one attached hydrogen (secondary N) is 1. The van der Waals surface area contributed by atoms with Crippen LogP contribution in [0.2, 0.25) is 0 Å². The summed E-state index contributed by atoms with van der Waals surface area (Å²) in [6.07, 6.45) is 3.60. The van der Waals surface area contributed by atoms with Gasteiger partial charge >= 0.3 is 0 Å². The summed E-state index contributed by atoms with van der Waals surface area (Å²) in [4.78, 5) is 19.1. The summed E-state index contributed by atoms with van der Waals surface area (Å²) in [5.41, 5.74) is 2.87. The van der Waals surface area contributed by atoms with E-state index >= 15 is 0 Å². The molecule has 0 atom stereocenters. The molecule has 4 rings (SSSR count). The minimum Gasteiger partial charge on any atom is -0.497 e. The van der Waals surface area contributed by atoms with Gasteiger partial charge in [0.15, 0.2) is 5.16 Å². The van der Waals surface area contributed by atoms with Crippen molar-refractivity contribution in [3.8, 4) is 11.4 Å². The molecule has 1 aliphatic rings. The molecule has 0 unspecified atom stereocenters. The normalized spacial score (nSPS) is 13.8. The molecular formula is C22H24N4O3S. The minimum atomic E-state index is -0.0701. The van der Waals surface area contributed by atoms with Crippen LogP contribution in [0.25, 0.3) is 5.69 Å². The maximum Gasteiger partial charge on any atom is 0.234 e. The van der Waals surface area contributed by atoms with Crippen LogP contribution in [0, 0.1) is 0 Å². The number of hydrogen-bond donors (Lipinski definition) is 1. The minimum absolute atomic E-state index is 0.0701. The molecule has 2 aromatic carbocycles. The van der Waals surface area contributed by atoms with E-state index in [1.165, 1.54) is 11.8 Å². The molecule has 1 aliphatic heterocycles. The summed E-state index contributed by atoms with van der Waals surface area (Å²) < 4.78 is 12.6. The Morgan fingerprint density at radius 1 is 1.17 bits per heavy atom. The zero-order chi connectivity index (χ0) is 20.8. The Bertz CT molecular complexity index is 984. The number of thioether (sulfide) groups is 1. The fraction of sp³-hybridized carbons (Fsp3) is 0.273. The van der Waals surface area contributed by atoms with E-state index in [0.29, 0.717) is 0 Å². The second-order valence-electron chi connectivity index (χ2n) is 6.76. The number of aromatic nitrogens is 2. The molecule has 7 nitrogen and oxygen atoms in total. The van der Waals surface area contributed by atoms with Crippen LogP contribution in [0.3, 0.4) is 0 Å². The monoisotopic (exact) mass is 424 g/mol. The number of rotatable bonds is 7. The number of nitrogens with zero attached hydrogens (tertiary/aromatic N) is 3. The van der Waals surface area contributed by atoms with Crippen molar-refractivity contribution in [1.29, 1.82) is 0 Å². The first-order valence-electron chi connectivity index (χ1n) is 9.76. The van der Waals surface area contributed by atoms with Crippen molar-refractivity contribution in [2.75, 3.05) is 49.4 Å². The van der Waals surface area contributed by atoms with Gasteiger partial charge in [0.1, 0.15) is 5.75 Å². The molecule has 2 heterocycles. The quantitative estimate of drug-likeness (QED) is 0.586. The topological polar surface area (TPSA) is 68.6 Å². The number of hydrogen-bond acceptors (Lipinski definition) is 6. The first-order valence-corrected chi connectivity index (χ1v) is 10.7. The van der Waals surface area contributed by atoms with Crippen molar-refractivity contribution >= 4 is 29.0 Å². The number of carbonyl (C=O) groups excluding carboxylic acids is 1. The van der Waals surface area contributed by atoms with Gasteiger partial charge in [-0.05, 0) is 36.4 Å². The standard InChI is InChI=1S/C22H24N4O3S/c1-28-20-4-2-3-19(15-20)26-10-9-23-22(26)30-16-21(27)24-17-5-7-18(8-6-17)25-11-13-29-14-12-25/h2-10,15H,11-14,16H2,1H3,(H,24,27). The average molecular weight is 425 g/mol. The fourth-order valence-electron chi connectivity index (χ4n) is 3.26. The molecule has 0 radical (unpaired) electrons. The van der Waals surface area contributed by atoms with Gasteiger partial charge in [-0.15, -0.1) is 0 Å². The molecule has 0 aliphatic carbocycles. The maximum atomic E-state index is 12.4. The number of anilines is 2. The lowest BCUT2D eigenvalue weighted by atomic mass is 10.2. The fourth-order valence-corrected chi connectivity index (χ4v) is 4.03. The molecule has 8 heteroatoms. The van der Waals surface area contributed by atoms with E-state index in [9.17, 15) is 4.79 Å². The second kappa shape index (κ2) is 9.69. The number of ether oxygens (including phenoxy) is 2. The van der Waals surface area contributed by atoms with E-state index in [2.05, 4.69) is 15.2 Å². The Labute approximate surface area is 180 Å². The van der Waals surface area contributed by atoms with Crippen LogP contribution in [-0.4, -0.2) is 54.6 Å². The van der Waals surface area contributed by atoms with Crippen molar-refractivity contribution in [3.05, 3.63) is 60.9 Å². The molecule has 1 saturated heterocycles. The highest BCUT2D eigenvalue weighted by molar-refractivity contribution is 7.99. The lowest BCUT2D eigenvalue weighted by molar-refractivity contribution is -0.113. The van der Waals surface area contributed by atoms with Gasteiger partial charge in [0, 0.05) is 42.9 Å². The van der Waals surface area contributed by atoms with E-state index in [4.69, 9.17) is 9.47 Å². The second-order valence-corrected chi connectivity index (χ2v) is 7.71. The third-order valence-electron chi connectivity index (χ3n) is 4.80. The van der Waals surface area contributed by atoms with Gasteiger partial charge in [0.25, 0.3) is 0 Å². The van der Waals surface area contributed by atoms with E-state index in [-0.39, 0.29) is 11.7 Å². The van der Waals surface area contributed by atoms with Crippen LogP contribution in [0.1, 0.15) is 0 Å².